The van der Waals surface area contributed by atoms with Gasteiger partial charge in [-0.2, -0.15) is 0 Å². The van der Waals surface area contributed by atoms with Crippen LogP contribution in [-0.4, -0.2) is 39.4 Å². The summed E-state index contributed by atoms with van der Waals surface area (Å²) in [5, 5.41) is 15.3. The number of nitrogens with one attached hydrogen (secondary N) is 2. The van der Waals surface area contributed by atoms with Gasteiger partial charge >= 0.3 is 5.97 Å². The minimum absolute atomic E-state index is 0.166. The first kappa shape index (κ1) is 14.6. The Morgan fingerprint density at radius 1 is 1.24 bits per heavy atom. The van der Waals surface area contributed by atoms with E-state index in [4.69, 9.17) is 5.11 Å². The molecule has 0 aliphatic carbocycles. The average molecular weight is 306 g/mol. The van der Waals surface area contributed by atoms with Crippen molar-refractivity contribution in [2.45, 2.75) is 0 Å². The zero-order valence-corrected chi connectivity index (χ0v) is 11.4. The number of amides is 2. The molecule has 0 saturated carbocycles. The lowest BCUT2D eigenvalue weighted by Gasteiger charge is -2.07. The second kappa shape index (κ2) is 6.57. The first-order chi connectivity index (χ1) is 10.1. The highest BCUT2D eigenvalue weighted by Crippen LogP contribution is 2.09. The van der Waals surface area contributed by atoms with Crippen molar-refractivity contribution in [2.24, 2.45) is 0 Å². The van der Waals surface area contributed by atoms with Gasteiger partial charge in [0.2, 0.25) is 5.91 Å². The number of rotatable bonds is 5. The molecule has 0 bridgehead atoms. The van der Waals surface area contributed by atoms with Crippen LogP contribution in [0, 0.1) is 0 Å². The number of carbonyl (C=O) groups is 3. The molecule has 0 aliphatic rings. The van der Waals surface area contributed by atoms with Gasteiger partial charge in [-0.3, -0.25) is 9.59 Å². The third-order valence-corrected chi connectivity index (χ3v) is 3.18. The number of thiophene rings is 1. The molecular formula is C12H10N4O4S. The Morgan fingerprint density at radius 2 is 2.00 bits per heavy atom. The third kappa shape index (κ3) is 3.83. The number of hydrogen-bond acceptors (Lipinski definition) is 6. The number of aromatic carboxylic acids is 1. The summed E-state index contributed by atoms with van der Waals surface area (Å²) in [6.45, 7) is -0.299. The van der Waals surface area contributed by atoms with Crippen LogP contribution in [0.25, 0.3) is 0 Å². The summed E-state index contributed by atoms with van der Waals surface area (Å²) >= 11 is 1.25. The van der Waals surface area contributed by atoms with Crippen LogP contribution in [0.2, 0.25) is 0 Å². The summed E-state index contributed by atoms with van der Waals surface area (Å²) in [5.74, 6) is -2.44. The molecule has 2 aromatic heterocycles. The van der Waals surface area contributed by atoms with Crippen LogP contribution in [0.5, 0.6) is 0 Å². The van der Waals surface area contributed by atoms with Gasteiger partial charge in [0.05, 0.1) is 11.4 Å². The van der Waals surface area contributed by atoms with Crippen molar-refractivity contribution >= 4 is 34.9 Å². The Labute approximate surface area is 122 Å². The fourth-order valence-electron chi connectivity index (χ4n) is 1.42. The van der Waals surface area contributed by atoms with Crippen LogP contribution in [-0.2, 0) is 4.79 Å². The van der Waals surface area contributed by atoms with E-state index >= 15 is 0 Å². The molecule has 0 unspecified atom stereocenters. The Hall–Kier alpha value is -2.81. The quantitative estimate of drug-likeness (QED) is 0.744. The van der Waals surface area contributed by atoms with Gasteiger partial charge < -0.3 is 15.7 Å². The molecule has 8 nitrogen and oxygen atoms in total. The Kier molecular flexibility index (Phi) is 4.57. The van der Waals surface area contributed by atoms with Gasteiger partial charge in [0.25, 0.3) is 5.91 Å². The van der Waals surface area contributed by atoms with Gasteiger partial charge in [-0.15, -0.1) is 11.3 Å². The molecule has 2 aromatic rings. The first-order valence-corrected chi connectivity index (χ1v) is 6.61. The Morgan fingerprint density at radius 3 is 2.67 bits per heavy atom. The van der Waals surface area contributed by atoms with Crippen molar-refractivity contribution in [1.29, 1.82) is 0 Å². The molecule has 0 saturated heterocycles. The first-order valence-electron chi connectivity index (χ1n) is 5.74. The number of carboxylic acid groups (broad SMARTS) is 1. The summed E-state index contributed by atoms with van der Waals surface area (Å²) in [7, 11) is 0. The van der Waals surface area contributed by atoms with E-state index in [0.717, 1.165) is 0 Å². The van der Waals surface area contributed by atoms with Crippen molar-refractivity contribution < 1.29 is 19.5 Å². The molecule has 0 aromatic carbocycles. The normalized spacial score (nSPS) is 9.90. The van der Waals surface area contributed by atoms with Crippen LogP contribution in [0.1, 0.15) is 20.2 Å². The van der Waals surface area contributed by atoms with Crippen LogP contribution in [0.3, 0.4) is 0 Å². The molecule has 3 N–H and O–H groups in total. The predicted octanol–water partition coefficient (Wildman–Crippen LogP) is 0.605. The van der Waals surface area contributed by atoms with Crippen LogP contribution >= 0.6 is 11.3 Å². The molecule has 2 amide bonds. The van der Waals surface area contributed by atoms with Gasteiger partial charge in [-0.25, -0.2) is 14.8 Å². The second-order valence-electron chi connectivity index (χ2n) is 3.77. The molecule has 0 fully saturated rings. The zero-order valence-electron chi connectivity index (χ0n) is 10.6. The standard InChI is InChI=1S/C12H10N4O4S/c17-8(6-15-11(18)7-2-1-5-21-7)16-10-9(12(19)20)13-3-4-14-10/h1-5H,6H2,(H,15,18)(H,19,20)(H,14,16,17). The van der Waals surface area contributed by atoms with Crippen molar-refractivity contribution in [2.75, 3.05) is 11.9 Å². The van der Waals surface area contributed by atoms with Gasteiger partial charge in [0, 0.05) is 12.4 Å². The number of anilines is 1. The maximum atomic E-state index is 11.7. The molecule has 2 heterocycles. The summed E-state index contributed by atoms with van der Waals surface area (Å²) in [6, 6.07) is 3.35. The minimum Gasteiger partial charge on any atom is -0.476 e. The Bertz CT molecular complexity index is 672. The monoisotopic (exact) mass is 306 g/mol. The van der Waals surface area contributed by atoms with E-state index in [-0.39, 0.29) is 24.0 Å². The highest BCUT2D eigenvalue weighted by molar-refractivity contribution is 7.12. The zero-order chi connectivity index (χ0) is 15.2. The van der Waals surface area contributed by atoms with E-state index in [2.05, 4.69) is 20.6 Å². The van der Waals surface area contributed by atoms with Crippen molar-refractivity contribution in [1.82, 2.24) is 15.3 Å². The van der Waals surface area contributed by atoms with E-state index in [1.54, 1.807) is 17.5 Å². The number of hydrogen-bond donors (Lipinski definition) is 3. The number of nitrogens with zero attached hydrogens (tertiary/aromatic N) is 2. The molecule has 2 rings (SSSR count). The van der Waals surface area contributed by atoms with E-state index in [0.29, 0.717) is 4.88 Å². The summed E-state index contributed by atoms with van der Waals surface area (Å²) in [6.07, 6.45) is 2.46. The molecule has 21 heavy (non-hydrogen) atoms. The second-order valence-corrected chi connectivity index (χ2v) is 4.71. The lowest BCUT2D eigenvalue weighted by molar-refractivity contribution is -0.115. The van der Waals surface area contributed by atoms with E-state index in [9.17, 15) is 14.4 Å². The molecule has 0 atom stereocenters. The fourth-order valence-corrected chi connectivity index (χ4v) is 2.06. The molecule has 0 radical (unpaired) electrons. The van der Waals surface area contributed by atoms with Crippen LogP contribution < -0.4 is 10.6 Å². The van der Waals surface area contributed by atoms with E-state index < -0.39 is 11.9 Å². The van der Waals surface area contributed by atoms with Crippen LogP contribution in [0.4, 0.5) is 5.82 Å². The molecule has 108 valence electrons. The highest BCUT2D eigenvalue weighted by Gasteiger charge is 2.15. The maximum Gasteiger partial charge on any atom is 0.358 e. The van der Waals surface area contributed by atoms with Gasteiger partial charge in [-0.05, 0) is 11.4 Å². The van der Waals surface area contributed by atoms with E-state index in [1.807, 2.05) is 0 Å². The van der Waals surface area contributed by atoms with Crippen molar-refractivity contribution in [3.63, 3.8) is 0 Å². The van der Waals surface area contributed by atoms with Crippen molar-refractivity contribution in [3.05, 3.63) is 40.5 Å². The largest absolute Gasteiger partial charge is 0.476 e. The van der Waals surface area contributed by atoms with Crippen LogP contribution in [0.15, 0.2) is 29.9 Å². The summed E-state index contributed by atoms with van der Waals surface area (Å²) in [4.78, 5) is 42.0. The maximum absolute atomic E-state index is 11.7. The minimum atomic E-state index is -1.30. The topological polar surface area (TPSA) is 121 Å². The molecule has 9 heteroatoms. The van der Waals surface area contributed by atoms with Crippen molar-refractivity contribution in [3.8, 4) is 0 Å². The van der Waals surface area contributed by atoms with Gasteiger partial charge in [0.1, 0.15) is 0 Å². The smallest absolute Gasteiger partial charge is 0.358 e. The molecule has 0 spiro atoms. The lowest BCUT2D eigenvalue weighted by Crippen LogP contribution is -2.33. The average Bonchev–Trinajstić information content (AvgIpc) is 2.99. The van der Waals surface area contributed by atoms with Gasteiger partial charge in [-0.1, -0.05) is 6.07 Å². The summed E-state index contributed by atoms with van der Waals surface area (Å²) in [5.41, 5.74) is -0.365. The highest BCUT2D eigenvalue weighted by atomic mass is 32.1. The fraction of sp³-hybridized carbons (Fsp3) is 0.0833. The Balaban J connectivity index is 1.93. The third-order valence-electron chi connectivity index (χ3n) is 2.31. The number of aromatic nitrogens is 2. The van der Waals surface area contributed by atoms with Gasteiger partial charge in [0.15, 0.2) is 11.5 Å². The number of carboxylic acids is 1. The number of carbonyl (C=O) groups excluding carboxylic acids is 2. The lowest BCUT2D eigenvalue weighted by atomic mass is 10.4. The molecule has 0 aliphatic heterocycles. The summed E-state index contributed by atoms with van der Waals surface area (Å²) < 4.78 is 0. The molecular weight excluding hydrogens is 296 g/mol. The van der Waals surface area contributed by atoms with E-state index in [1.165, 1.54) is 23.7 Å². The SMILES string of the molecule is O=C(CNC(=O)c1cccs1)Nc1nccnc1C(=O)O. The predicted molar refractivity (Wildman–Crippen MR) is 74.3 cm³/mol.